The number of para-hydroxylation sites is 6. The van der Waals surface area contributed by atoms with Crippen LogP contribution in [0.15, 0.2) is 199 Å². The summed E-state index contributed by atoms with van der Waals surface area (Å²) >= 11 is 0. The van der Waals surface area contributed by atoms with Gasteiger partial charge in [0.1, 0.15) is 5.58 Å². The molecule has 369 valence electrons. The summed E-state index contributed by atoms with van der Waals surface area (Å²) in [5.74, 6) is 3.19. The zero-order chi connectivity index (χ0) is 50.3. The number of benzene rings is 9. The van der Waals surface area contributed by atoms with E-state index in [4.69, 9.17) is 14.4 Å². The molecule has 0 saturated heterocycles. The second-order valence-corrected chi connectivity index (χ2v) is 20.3. The fourth-order valence-corrected chi connectivity index (χ4v) is 10.5. The van der Waals surface area contributed by atoms with Gasteiger partial charge in [-0.3, -0.25) is 9.97 Å². The Balaban J connectivity index is 0.000000191. The van der Waals surface area contributed by atoms with Crippen LogP contribution in [0.4, 0.5) is 0 Å². The largest absolute Gasteiger partial charge is 0.501 e. The van der Waals surface area contributed by atoms with E-state index in [-0.39, 0.29) is 31.9 Å². The van der Waals surface area contributed by atoms with Crippen molar-refractivity contribution in [2.24, 2.45) is 0 Å². The van der Waals surface area contributed by atoms with E-state index in [9.17, 15) is 0 Å². The van der Waals surface area contributed by atoms with Crippen LogP contribution in [0, 0.1) is 12.1 Å². The summed E-state index contributed by atoms with van der Waals surface area (Å²) in [6, 6.07) is 75.1. The molecule has 6 heteroatoms. The van der Waals surface area contributed by atoms with Crippen LogP contribution >= 0.6 is 0 Å². The van der Waals surface area contributed by atoms with Crippen LogP contribution in [0.3, 0.4) is 0 Å². The van der Waals surface area contributed by atoms with Gasteiger partial charge in [-0.1, -0.05) is 182 Å². The molecule has 0 aliphatic heterocycles. The third kappa shape index (κ3) is 9.23. The predicted molar refractivity (Wildman–Crippen MR) is 305 cm³/mol. The van der Waals surface area contributed by atoms with Crippen LogP contribution in [-0.2, 0) is 20.1 Å². The topological polar surface area (TPSA) is 48.8 Å². The van der Waals surface area contributed by atoms with Gasteiger partial charge in [0.05, 0.1) is 39.3 Å². The van der Waals surface area contributed by atoms with Gasteiger partial charge in [0.25, 0.3) is 0 Å². The molecule has 0 spiro atoms. The zero-order valence-electron chi connectivity index (χ0n) is 43.3. The monoisotopic (exact) mass is 1140 g/mol. The van der Waals surface area contributed by atoms with E-state index in [1.807, 2.05) is 36.4 Å². The van der Waals surface area contributed by atoms with Crippen LogP contribution in [0.5, 0.6) is 0 Å². The molecule has 0 amide bonds. The Labute approximate surface area is 448 Å². The second kappa shape index (κ2) is 21.1. The number of hydrogen-bond acceptors (Lipinski definition) is 3. The van der Waals surface area contributed by atoms with E-state index < -0.39 is 0 Å². The third-order valence-corrected chi connectivity index (χ3v) is 14.2. The Morgan fingerprint density at radius 2 is 0.905 bits per heavy atom. The fraction of sp³-hybridized carbons (Fsp3) is 0.176. The summed E-state index contributed by atoms with van der Waals surface area (Å²) in [6.45, 7) is 18.2. The normalized spacial score (nSPS) is 11.6. The molecule has 0 atom stereocenters. The summed E-state index contributed by atoms with van der Waals surface area (Å²) in [7, 11) is 0. The Bertz CT molecular complexity index is 3860. The van der Waals surface area contributed by atoms with E-state index in [0.717, 1.165) is 66.8 Å². The van der Waals surface area contributed by atoms with Gasteiger partial charge in [-0.2, -0.15) is 0 Å². The van der Waals surface area contributed by atoms with Crippen molar-refractivity contribution in [1.82, 2.24) is 19.1 Å². The van der Waals surface area contributed by atoms with Crippen molar-refractivity contribution in [3.05, 3.63) is 229 Å². The van der Waals surface area contributed by atoms with E-state index in [0.29, 0.717) is 11.8 Å². The molecule has 1 radical (unpaired) electrons. The minimum Gasteiger partial charge on any atom is -0.501 e. The van der Waals surface area contributed by atoms with Crippen molar-refractivity contribution in [1.29, 1.82) is 0 Å². The van der Waals surface area contributed by atoms with Crippen molar-refractivity contribution >= 4 is 44.0 Å². The molecular formula is C68H60IrN4O-2. The first kappa shape index (κ1) is 49.9. The van der Waals surface area contributed by atoms with Crippen molar-refractivity contribution < 1.29 is 24.5 Å². The van der Waals surface area contributed by atoms with Gasteiger partial charge in [-0.05, 0) is 111 Å². The molecule has 3 heterocycles. The van der Waals surface area contributed by atoms with Gasteiger partial charge in [-0.25, -0.2) is 0 Å². The van der Waals surface area contributed by atoms with Gasteiger partial charge in [0.2, 0.25) is 0 Å². The van der Waals surface area contributed by atoms with Crippen molar-refractivity contribution in [3.63, 3.8) is 0 Å². The molecular weight excluding hydrogens is 1080 g/mol. The van der Waals surface area contributed by atoms with Crippen molar-refractivity contribution in [2.45, 2.75) is 79.1 Å². The molecule has 3 aromatic heterocycles. The van der Waals surface area contributed by atoms with E-state index in [1.54, 1.807) is 0 Å². The Kier molecular flexibility index (Phi) is 14.2. The Morgan fingerprint density at radius 1 is 0.405 bits per heavy atom. The van der Waals surface area contributed by atoms with Crippen molar-refractivity contribution in [2.75, 3.05) is 0 Å². The summed E-state index contributed by atoms with van der Waals surface area (Å²) in [6.07, 6.45) is 0. The maximum absolute atomic E-state index is 6.51. The number of furan rings is 1. The van der Waals surface area contributed by atoms with E-state index in [2.05, 4.69) is 234 Å². The van der Waals surface area contributed by atoms with Crippen LogP contribution in [0.1, 0.15) is 101 Å². The van der Waals surface area contributed by atoms with Crippen LogP contribution in [0.2, 0.25) is 0 Å². The number of aromatic nitrogens is 4. The Hall–Kier alpha value is -7.63. The summed E-state index contributed by atoms with van der Waals surface area (Å²) < 4.78 is 11.2. The first-order valence-corrected chi connectivity index (χ1v) is 25.8. The maximum atomic E-state index is 6.51. The summed E-state index contributed by atoms with van der Waals surface area (Å²) in [5, 5.41) is 2.18. The van der Waals surface area contributed by atoms with Crippen LogP contribution in [-0.4, -0.2) is 19.1 Å². The molecule has 0 bridgehead atoms. The van der Waals surface area contributed by atoms with Gasteiger partial charge in [0, 0.05) is 36.9 Å². The van der Waals surface area contributed by atoms with Gasteiger partial charge < -0.3 is 13.6 Å². The standard InChI is InChI=1S/C43H35N2O.C25H25N2.Ir/c1-27(2)36-25-32(31-23-21-30(22-24-31)29-13-6-5-7-14-29)26-37(28(3)4)41(36)45-39-19-10-9-18-38(39)44-43(45)35-17-12-16-34-33-15-8-11-20-40(33)46-42(34)35;1-17(2)20-13-10-14-21(18(3)4)24(20)27-23-16-9-8-15-22(23)26-25(27)19-11-6-5-7-12-19;/h5-16,18-28H,1-4H3;5-11,13-18H,1-4H3;/q2*-1;. The molecule has 0 unspecified atom stereocenters. The quantitative estimate of drug-likeness (QED) is 0.128. The summed E-state index contributed by atoms with van der Waals surface area (Å²) in [4.78, 5) is 10.3. The molecule has 0 fully saturated rings. The van der Waals surface area contributed by atoms with Gasteiger partial charge in [0.15, 0.2) is 0 Å². The zero-order valence-corrected chi connectivity index (χ0v) is 45.7. The van der Waals surface area contributed by atoms with Gasteiger partial charge >= 0.3 is 0 Å². The average molecular weight is 1140 g/mol. The first-order chi connectivity index (χ1) is 35.5. The molecule has 0 aliphatic carbocycles. The Morgan fingerprint density at radius 3 is 1.50 bits per heavy atom. The predicted octanol–water partition coefficient (Wildman–Crippen LogP) is 18.7. The molecule has 9 aromatic carbocycles. The van der Waals surface area contributed by atoms with Crippen molar-refractivity contribution in [3.8, 4) is 56.4 Å². The van der Waals surface area contributed by atoms with E-state index in [1.165, 1.54) is 55.9 Å². The number of fused-ring (bicyclic) bond motifs is 5. The number of imidazole rings is 2. The maximum Gasteiger partial charge on any atom is 0.120 e. The molecule has 74 heavy (non-hydrogen) atoms. The summed E-state index contributed by atoms with van der Waals surface area (Å²) in [5.41, 5.74) is 20.4. The second-order valence-electron chi connectivity index (χ2n) is 20.3. The molecule has 0 N–H and O–H groups in total. The SMILES string of the molecule is CC(C)c1cc(-c2ccc(-c3ccccc3)cc2)cc(C(C)C)c1-n1c(-c2[c-]ccc3c2oc2ccccc23)nc2ccccc21.CC(C)c1cccc(C(C)C)c1-n1c(-c2[c-]cccc2)nc2ccccc21.[Ir]. The third-order valence-electron chi connectivity index (χ3n) is 14.2. The first-order valence-electron chi connectivity index (χ1n) is 25.8. The van der Waals surface area contributed by atoms with Crippen LogP contribution in [0.25, 0.3) is 100 Å². The molecule has 12 aromatic rings. The van der Waals surface area contributed by atoms with Gasteiger partial charge in [-0.15, -0.1) is 54.1 Å². The smallest absolute Gasteiger partial charge is 0.120 e. The minimum atomic E-state index is 0. The van der Waals surface area contributed by atoms with E-state index >= 15 is 0 Å². The molecule has 0 aliphatic rings. The fourth-order valence-electron chi connectivity index (χ4n) is 10.5. The molecule has 12 rings (SSSR count). The minimum absolute atomic E-state index is 0. The number of nitrogens with zero attached hydrogens (tertiary/aromatic N) is 4. The number of rotatable bonds is 10. The number of hydrogen-bond donors (Lipinski definition) is 0. The molecule has 0 saturated carbocycles. The molecule has 5 nitrogen and oxygen atoms in total. The van der Waals surface area contributed by atoms with Crippen LogP contribution < -0.4 is 0 Å². The average Bonchev–Trinajstić information content (AvgIpc) is 4.13.